The van der Waals surface area contributed by atoms with E-state index in [-0.39, 0.29) is 24.4 Å². The molecule has 3 fully saturated rings. The number of amides is 4. The molecule has 3 atom stereocenters. The van der Waals surface area contributed by atoms with Crippen LogP contribution in [0.5, 0.6) is 5.75 Å². The molecule has 0 spiro atoms. The largest absolute Gasteiger partial charge is 0.491 e. The van der Waals surface area contributed by atoms with Crippen LogP contribution in [-0.2, 0) is 9.59 Å². The van der Waals surface area contributed by atoms with Gasteiger partial charge in [-0.2, -0.15) is 10.5 Å². The van der Waals surface area contributed by atoms with Gasteiger partial charge < -0.3 is 15.0 Å². The Bertz CT molecular complexity index is 983. The van der Waals surface area contributed by atoms with Crippen LogP contribution in [0.1, 0.15) is 30.4 Å². The zero-order valence-corrected chi connectivity index (χ0v) is 16.8. The quantitative estimate of drug-likeness (QED) is 0.619. The number of ether oxygens (including phenoxy) is 1. The fraction of sp³-hybridized carbons (Fsp3) is 0.476. The third-order valence-corrected chi connectivity index (χ3v) is 6.06. The maximum atomic E-state index is 12.7. The number of urea groups is 1. The number of fused-ring (bicyclic) bond motifs is 2. The molecule has 3 heterocycles. The van der Waals surface area contributed by atoms with E-state index in [1.165, 1.54) is 6.07 Å². The van der Waals surface area contributed by atoms with E-state index in [9.17, 15) is 19.6 Å². The lowest BCUT2D eigenvalue weighted by Crippen LogP contribution is -2.56. The molecule has 4 amide bonds. The number of benzene rings is 1. The van der Waals surface area contributed by atoms with Gasteiger partial charge in [0.15, 0.2) is 0 Å². The van der Waals surface area contributed by atoms with Crippen molar-refractivity contribution >= 4 is 17.8 Å². The summed E-state index contributed by atoms with van der Waals surface area (Å²) in [4.78, 5) is 39.7. The van der Waals surface area contributed by atoms with E-state index in [4.69, 9.17) is 10.00 Å². The van der Waals surface area contributed by atoms with Crippen LogP contribution in [0.25, 0.3) is 0 Å². The summed E-state index contributed by atoms with van der Waals surface area (Å²) < 4.78 is 5.80. The molecule has 3 saturated heterocycles. The van der Waals surface area contributed by atoms with E-state index in [0.717, 1.165) is 12.8 Å². The van der Waals surface area contributed by atoms with Crippen LogP contribution < -0.4 is 15.4 Å². The highest BCUT2D eigenvalue weighted by Gasteiger charge is 2.42. The summed E-state index contributed by atoms with van der Waals surface area (Å²) in [5.41, 5.74) is 0.748. The van der Waals surface area contributed by atoms with Crippen LogP contribution in [0.4, 0.5) is 4.79 Å². The highest BCUT2D eigenvalue weighted by molar-refractivity contribution is 6.05. The maximum Gasteiger partial charge on any atom is 0.322 e. The first-order valence-corrected chi connectivity index (χ1v) is 10.2. The van der Waals surface area contributed by atoms with Crippen molar-refractivity contribution in [3.63, 3.8) is 0 Å². The Morgan fingerprint density at radius 3 is 2.52 bits per heavy atom. The second-order valence-electron chi connectivity index (χ2n) is 7.92. The van der Waals surface area contributed by atoms with Gasteiger partial charge in [-0.1, -0.05) is 0 Å². The van der Waals surface area contributed by atoms with Crippen LogP contribution in [-0.4, -0.2) is 72.0 Å². The van der Waals surface area contributed by atoms with Gasteiger partial charge in [0.2, 0.25) is 5.91 Å². The van der Waals surface area contributed by atoms with Gasteiger partial charge in [-0.05, 0) is 31.0 Å². The molecule has 2 N–H and O–H groups in total. The third kappa shape index (κ3) is 4.30. The fourth-order valence-corrected chi connectivity index (χ4v) is 4.54. The van der Waals surface area contributed by atoms with Crippen LogP contribution in [0.2, 0.25) is 0 Å². The first-order valence-electron chi connectivity index (χ1n) is 10.2. The summed E-state index contributed by atoms with van der Waals surface area (Å²) in [7, 11) is 0. The van der Waals surface area contributed by atoms with Gasteiger partial charge in [-0.15, -0.1) is 0 Å². The van der Waals surface area contributed by atoms with Gasteiger partial charge in [0, 0.05) is 31.7 Å². The summed E-state index contributed by atoms with van der Waals surface area (Å²) in [6.07, 6.45) is 1.93. The summed E-state index contributed by atoms with van der Waals surface area (Å²) in [6.45, 7) is 2.23. The van der Waals surface area contributed by atoms with Crippen molar-refractivity contribution in [3.05, 3.63) is 29.3 Å². The molecule has 10 heteroatoms. The highest BCUT2D eigenvalue weighted by atomic mass is 16.5. The highest BCUT2D eigenvalue weighted by Crippen LogP contribution is 2.30. The second kappa shape index (κ2) is 8.62. The van der Waals surface area contributed by atoms with E-state index in [2.05, 4.69) is 21.6 Å². The predicted octanol–water partition coefficient (Wildman–Crippen LogP) is 0.0821. The fourth-order valence-electron chi connectivity index (χ4n) is 4.54. The second-order valence-corrected chi connectivity index (χ2v) is 7.92. The lowest BCUT2D eigenvalue weighted by molar-refractivity contribution is -0.137. The minimum Gasteiger partial charge on any atom is -0.491 e. The third-order valence-electron chi connectivity index (χ3n) is 6.06. The predicted molar refractivity (Wildman–Crippen MR) is 107 cm³/mol. The van der Waals surface area contributed by atoms with Crippen molar-refractivity contribution in [2.75, 3.05) is 26.2 Å². The number of hydrogen-bond acceptors (Lipinski definition) is 7. The number of carbonyl (C=O) groups excluding carboxylic acids is 3. The van der Waals surface area contributed by atoms with Crippen LogP contribution in [0.3, 0.4) is 0 Å². The Morgan fingerprint density at radius 1 is 1.16 bits per heavy atom. The number of piperazine rings is 1. The first-order chi connectivity index (χ1) is 15.0. The molecule has 1 aromatic carbocycles. The summed E-state index contributed by atoms with van der Waals surface area (Å²) in [6, 6.07) is 7.91. The van der Waals surface area contributed by atoms with Gasteiger partial charge in [-0.25, -0.2) is 4.79 Å². The molecular weight excluding hydrogens is 400 g/mol. The number of carbonyl (C=O) groups is 3. The van der Waals surface area contributed by atoms with Crippen molar-refractivity contribution in [2.24, 2.45) is 0 Å². The van der Waals surface area contributed by atoms with E-state index in [1.54, 1.807) is 17.0 Å². The topological polar surface area (TPSA) is 139 Å². The molecule has 160 valence electrons. The molecule has 4 rings (SSSR count). The lowest BCUT2D eigenvalue weighted by atomic mass is 10.1. The summed E-state index contributed by atoms with van der Waals surface area (Å²) in [5, 5.41) is 22.8. The number of nitriles is 2. The molecule has 31 heavy (non-hydrogen) atoms. The number of likely N-dealkylation sites (tertiary alicyclic amines) is 1. The molecule has 2 bridgehead atoms. The van der Waals surface area contributed by atoms with Gasteiger partial charge in [0.25, 0.3) is 5.91 Å². The van der Waals surface area contributed by atoms with Crippen molar-refractivity contribution < 1.29 is 19.1 Å². The van der Waals surface area contributed by atoms with Crippen LogP contribution in [0, 0.1) is 22.7 Å². The van der Waals surface area contributed by atoms with Gasteiger partial charge >= 0.3 is 6.03 Å². The summed E-state index contributed by atoms with van der Waals surface area (Å²) in [5.74, 6) is -0.136. The monoisotopic (exact) mass is 422 g/mol. The Morgan fingerprint density at radius 2 is 1.90 bits per heavy atom. The lowest BCUT2D eigenvalue weighted by Gasteiger charge is -2.41. The first kappa shape index (κ1) is 20.6. The number of hydrogen-bond donors (Lipinski definition) is 2. The van der Waals surface area contributed by atoms with E-state index in [0.29, 0.717) is 43.1 Å². The smallest absolute Gasteiger partial charge is 0.322 e. The molecule has 0 radical (unpaired) electrons. The zero-order chi connectivity index (χ0) is 22.0. The van der Waals surface area contributed by atoms with E-state index >= 15 is 0 Å². The number of imide groups is 1. The Hall–Kier alpha value is -3.63. The Labute approximate surface area is 179 Å². The molecule has 3 aliphatic rings. The van der Waals surface area contributed by atoms with Gasteiger partial charge in [0.05, 0.1) is 23.6 Å². The molecular formula is C21H22N6O4. The molecule has 3 unspecified atom stereocenters. The van der Waals surface area contributed by atoms with Crippen molar-refractivity contribution in [3.8, 4) is 17.9 Å². The maximum absolute atomic E-state index is 12.7. The Balaban J connectivity index is 1.30. The van der Waals surface area contributed by atoms with Gasteiger partial charge in [-0.3, -0.25) is 19.8 Å². The van der Waals surface area contributed by atoms with Crippen LogP contribution in [0.15, 0.2) is 18.2 Å². The van der Waals surface area contributed by atoms with Crippen molar-refractivity contribution in [1.82, 2.24) is 20.4 Å². The Kier molecular flexibility index (Phi) is 5.74. The minimum absolute atomic E-state index is 0.0320. The van der Waals surface area contributed by atoms with Crippen LogP contribution >= 0.6 is 0 Å². The normalized spacial score (nSPS) is 24.8. The molecule has 0 aliphatic carbocycles. The standard InChI is InChI=1S/C21H22N6O4/c22-9-13-1-4-18(14(7-13)10-23)31-6-5-27-15-2-3-16(27)12-26(11-15)19(28)8-17-20(29)25-21(30)24-17/h1,4,7,15-17H,2-3,5-6,8,11-12H2,(H2,24,25,29,30). The molecule has 1 aromatic rings. The molecule has 10 nitrogen and oxygen atoms in total. The van der Waals surface area contributed by atoms with Crippen molar-refractivity contribution in [1.29, 1.82) is 10.5 Å². The molecule has 0 aromatic heterocycles. The average Bonchev–Trinajstić information content (AvgIpc) is 3.19. The minimum atomic E-state index is -0.800. The molecule has 0 saturated carbocycles. The number of nitrogens with one attached hydrogen (secondary N) is 2. The summed E-state index contributed by atoms with van der Waals surface area (Å²) >= 11 is 0. The average molecular weight is 422 g/mol. The van der Waals surface area contributed by atoms with E-state index < -0.39 is 18.0 Å². The SMILES string of the molecule is N#Cc1ccc(OCCN2C3CCC2CN(C(=O)CC2NC(=O)NC2=O)C3)c(C#N)c1. The van der Waals surface area contributed by atoms with Gasteiger partial charge in [0.1, 0.15) is 24.5 Å². The zero-order valence-electron chi connectivity index (χ0n) is 16.8. The molecule has 3 aliphatic heterocycles. The number of nitrogens with zero attached hydrogens (tertiary/aromatic N) is 4. The van der Waals surface area contributed by atoms with E-state index in [1.807, 2.05) is 6.07 Å². The van der Waals surface area contributed by atoms with Crippen molar-refractivity contribution in [2.45, 2.75) is 37.4 Å². The number of rotatable bonds is 6.